The number of amides is 1. The van der Waals surface area contributed by atoms with Crippen molar-refractivity contribution < 1.29 is 14.7 Å². The number of rotatable bonds is 5. The molecule has 104 valence electrons. The maximum atomic E-state index is 11.9. The lowest BCUT2D eigenvalue weighted by atomic mass is 10.1. The number of thiophene rings is 1. The first-order valence-corrected chi connectivity index (χ1v) is 7.05. The summed E-state index contributed by atoms with van der Waals surface area (Å²) in [6.45, 7) is 1.97. The summed E-state index contributed by atoms with van der Waals surface area (Å²) in [6.07, 6.45) is 0.176. The minimum atomic E-state index is -1.05. The average molecular weight is 289 g/mol. The molecule has 0 saturated carbocycles. The lowest BCUT2D eigenvalue weighted by Crippen LogP contribution is -2.34. The summed E-state index contributed by atoms with van der Waals surface area (Å²) in [5, 5.41) is 13.5. The molecule has 1 unspecified atom stereocenters. The van der Waals surface area contributed by atoms with Gasteiger partial charge in [0.15, 0.2) is 6.04 Å². The highest BCUT2D eigenvalue weighted by Crippen LogP contribution is 2.19. The fourth-order valence-electron chi connectivity index (χ4n) is 1.81. The maximum Gasteiger partial charge on any atom is 0.331 e. The summed E-state index contributed by atoms with van der Waals surface area (Å²) in [5.74, 6) is -1.35. The van der Waals surface area contributed by atoms with Crippen molar-refractivity contribution in [1.29, 1.82) is 0 Å². The molecule has 0 aliphatic carbocycles. The molecular weight excluding hydrogens is 274 g/mol. The Morgan fingerprint density at radius 2 is 1.95 bits per heavy atom. The molecule has 20 heavy (non-hydrogen) atoms. The molecule has 0 fully saturated rings. The summed E-state index contributed by atoms with van der Waals surface area (Å²) < 4.78 is 0. The zero-order valence-electron chi connectivity index (χ0n) is 11.0. The van der Waals surface area contributed by atoms with Crippen molar-refractivity contribution >= 4 is 23.2 Å². The normalized spacial score (nSPS) is 11.8. The van der Waals surface area contributed by atoms with E-state index in [2.05, 4.69) is 5.32 Å². The van der Waals surface area contributed by atoms with E-state index >= 15 is 0 Å². The first-order chi connectivity index (χ1) is 9.56. The molecular formula is C15H15NO3S. The SMILES string of the molecule is Cc1ccc(CC(=O)NC(C(=O)O)c2cccs2)cc1. The second-order valence-corrected chi connectivity index (χ2v) is 5.50. The van der Waals surface area contributed by atoms with Crippen LogP contribution in [0.5, 0.6) is 0 Å². The van der Waals surface area contributed by atoms with Crippen LogP contribution in [0.15, 0.2) is 41.8 Å². The minimum absolute atomic E-state index is 0.176. The number of benzene rings is 1. The Morgan fingerprint density at radius 1 is 1.25 bits per heavy atom. The number of carboxylic acid groups (broad SMARTS) is 1. The molecule has 0 spiro atoms. The number of nitrogens with one attached hydrogen (secondary N) is 1. The Morgan fingerprint density at radius 3 is 2.50 bits per heavy atom. The van der Waals surface area contributed by atoms with Gasteiger partial charge in [-0.15, -0.1) is 11.3 Å². The summed E-state index contributed by atoms with van der Waals surface area (Å²) in [5.41, 5.74) is 1.99. The number of aryl methyl sites for hydroxylation is 1. The van der Waals surface area contributed by atoms with Gasteiger partial charge in [0.25, 0.3) is 0 Å². The quantitative estimate of drug-likeness (QED) is 0.889. The Bertz CT molecular complexity index is 590. The minimum Gasteiger partial charge on any atom is -0.479 e. The van der Waals surface area contributed by atoms with Crippen LogP contribution in [-0.4, -0.2) is 17.0 Å². The maximum absolute atomic E-state index is 11.9. The summed E-state index contributed by atoms with van der Waals surface area (Å²) >= 11 is 1.31. The van der Waals surface area contributed by atoms with Crippen molar-refractivity contribution in [3.8, 4) is 0 Å². The lowest BCUT2D eigenvalue weighted by Gasteiger charge is -2.13. The fraction of sp³-hybridized carbons (Fsp3) is 0.200. The van der Waals surface area contributed by atoms with Gasteiger partial charge in [0.05, 0.1) is 6.42 Å². The van der Waals surface area contributed by atoms with Gasteiger partial charge in [-0.1, -0.05) is 35.9 Å². The molecule has 1 aromatic carbocycles. The predicted molar refractivity (Wildman–Crippen MR) is 77.7 cm³/mol. The third kappa shape index (κ3) is 3.68. The van der Waals surface area contributed by atoms with E-state index in [-0.39, 0.29) is 12.3 Å². The molecule has 1 amide bonds. The topological polar surface area (TPSA) is 66.4 Å². The van der Waals surface area contributed by atoms with Crippen molar-refractivity contribution in [3.05, 3.63) is 57.8 Å². The second-order valence-electron chi connectivity index (χ2n) is 4.52. The number of carboxylic acids is 1. The van der Waals surface area contributed by atoms with Crippen LogP contribution >= 0.6 is 11.3 Å². The Labute approximate surface area is 121 Å². The van der Waals surface area contributed by atoms with Crippen molar-refractivity contribution in [2.75, 3.05) is 0 Å². The molecule has 4 nitrogen and oxygen atoms in total. The summed E-state index contributed by atoms with van der Waals surface area (Å²) in [7, 11) is 0. The molecule has 1 heterocycles. The van der Waals surface area contributed by atoms with E-state index in [1.807, 2.05) is 31.2 Å². The fourth-order valence-corrected chi connectivity index (χ4v) is 2.58. The van der Waals surface area contributed by atoms with Crippen LogP contribution < -0.4 is 5.32 Å². The highest BCUT2D eigenvalue weighted by Gasteiger charge is 2.22. The number of carbonyl (C=O) groups excluding carboxylic acids is 1. The number of carbonyl (C=O) groups is 2. The molecule has 0 radical (unpaired) electrons. The van der Waals surface area contributed by atoms with Gasteiger partial charge in [-0.2, -0.15) is 0 Å². The Kier molecular flexibility index (Phi) is 4.53. The predicted octanol–water partition coefficient (Wildman–Crippen LogP) is 2.54. The first-order valence-electron chi connectivity index (χ1n) is 6.17. The molecule has 1 aromatic heterocycles. The van der Waals surface area contributed by atoms with Crippen molar-refractivity contribution in [1.82, 2.24) is 5.32 Å². The highest BCUT2D eigenvalue weighted by atomic mass is 32.1. The third-order valence-corrected chi connectivity index (χ3v) is 3.80. The molecule has 2 aromatic rings. The van der Waals surface area contributed by atoms with Gasteiger partial charge in [0, 0.05) is 4.88 Å². The van der Waals surface area contributed by atoms with Crippen LogP contribution in [0, 0.1) is 6.92 Å². The zero-order valence-corrected chi connectivity index (χ0v) is 11.8. The molecule has 2 N–H and O–H groups in total. The van der Waals surface area contributed by atoms with Gasteiger partial charge in [0.2, 0.25) is 5.91 Å². The van der Waals surface area contributed by atoms with Gasteiger partial charge in [0.1, 0.15) is 0 Å². The standard InChI is InChI=1S/C15H15NO3S/c1-10-4-6-11(7-5-10)9-13(17)16-14(15(18)19)12-3-2-8-20-12/h2-8,14H,9H2,1H3,(H,16,17)(H,18,19). The Balaban J connectivity index is 2.02. The van der Waals surface area contributed by atoms with Gasteiger partial charge in [-0.05, 0) is 23.9 Å². The Hall–Kier alpha value is -2.14. The van der Waals surface area contributed by atoms with E-state index in [1.54, 1.807) is 17.5 Å². The number of hydrogen-bond acceptors (Lipinski definition) is 3. The monoisotopic (exact) mass is 289 g/mol. The molecule has 1 atom stereocenters. The third-order valence-electron chi connectivity index (χ3n) is 2.87. The molecule has 0 bridgehead atoms. The van der Waals surface area contributed by atoms with Crippen LogP contribution in [0.1, 0.15) is 22.0 Å². The van der Waals surface area contributed by atoms with Gasteiger partial charge < -0.3 is 10.4 Å². The zero-order chi connectivity index (χ0) is 14.5. The van der Waals surface area contributed by atoms with Gasteiger partial charge in [-0.3, -0.25) is 4.79 Å². The lowest BCUT2D eigenvalue weighted by molar-refractivity contribution is -0.141. The molecule has 0 aliphatic heterocycles. The van der Waals surface area contributed by atoms with Gasteiger partial charge in [-0.25, -0.2) is 4.79 Å². The van der Waals surface area contributed by atoms with Crippen LogP contribution in [0.25, 0.3) is 0 Å². The van der Waals surface area contributed by atoms with E-state index in [0.717, 1.165) is 11.1 Å². The van der Waals surface area contributed by atoms with E-state index < -0.39 is 12.0 Å². The smallest absolute Gasteiger partial charge is 0.331 e. The van der Waals surface area contributed by atoms with Gasteiger partial charge >= 0.3 is 5.97 Å². The molecule has 2 rings (SSSR count). The molecule has 0 saturated heterocycles. The number of aliphatic carboxylic acids is 1. The van der Waals surface area contributed by atoms with E-state index in [1.165, 1.54) is 11.3 Å². The summed E-state index contributed by atoms with van der Waals surface area (Å²) in [6, 6.07) is 10.1. The molecule has 0 aliphatic rings. The van der Waals surface area contributed by atoms with Crippen LogP contribution in [0.2, 0.25) is 0 Å². The largest absolute Gasteiger partial charge is 0.479 e. The van der Waals surface area contributed by atoms with E-state index in [4.69, 9.17) is 0 Å². The first kappa shape index (κ1) is 14.3. The number of hydrogen-bond donors (Lipinski definition) is 2. The van der Waals surface area contributed by atoms with Crippen molar-refractivity contribution in [3.63, 3.8) is 0 Å². The average Bonchev–Trinajstić information content (AvgIpc) is 2.92. The second kappa shape index (κ2) is 6.34. The highest BCUT2D eigenvalue weighted by molar-refractivity contribution is 7.10. The van der Waals surface area contributed by atoms with E-state index in [9.17, 15) is 14.7 Å². The van der Waals surface area contributed by atoms with Crippen LogP contribution in [0.4, 0.5) is 0 Å². The van der Waals surface area contributed by atoms with Crippen molar-refractivity contribution in [2.24, 2.45) is 0 Å². The van der Waals surface area contributed by atoms with Crippen molar-refractivity contribution in [2.45, 2.75) is 19.4 Å². The van der Waals surface area contributed by atoms with Crippen LogP contribution in [0.3, 0.4) is 0 Å². The van der Waals surface area contributed by atoms with E-state index in [0.29, 0.717) is 4.88 Å². The summed E-state index contributed by atoms with van der Waals surface area (Å²) in [4.78, 5) is 23.8. The van der Waals surface area contributed by atoms with Crippen LogP contribution in [-0.2, 0) is 16.0 Å². The molecule has 5 heteroatoms.